The second-order valence-corrected chi connectivity index (χ2v) is 10.8. The summed E-state index contributed by atoms with van der Waals surface area (Å²) in [5.41, 5.74) is 0.749. The van der Waals surface area contributed by atoms with E-state index in [1.807, 2.05) is 0 Å². The zero-order valence-corrected chi connectivity index (χ0v) is 21.4. The van der Waals surface area contributed by atoms with Gasteiger partial charge in [0.05, 0.1) is 24.8 Å². The van der Waals surface area contributed by atoms with Crippen molar-refractivity contribution in [3.05, 3.63) is 91.1 Å². The molecular formula is C25H23N3O7S2. The van der Waals surface area contributed by atoms with Gasteiger partial charge in [0, 0.05) is 11.9 Å². The average molecular weight is 542 g/mol. The lowest BCUT2D eigenvalue weighted by atomic mass is 10.3. The maximum atomic E-state index is 12.8. The molecule has 0 fully saturated rings. The van der Waals surface area contributed by atoms with Crippen LogP contribution in [-0.2, 0) is 20.1 Å². The molecular weight excluding hydrogens is 518 g/mol. The minimum absolute atomic E-state index is 0.0160. The Morgan fingerprint density at radius 3 is 1.78 bits per heavy atom. The van der Waals surface area contributed by atoms with E-state index >= 15 is 0 Å². The molecule has 0 radical (unpaired) electrons. The molecule has 0 bridgehead atoms. The Bertz CT molecular complexity index is 1570. The van der Waals surface area contributed by atoms with E-state index in [0.29, 0.717) is 17.2 Å². The summed E-state index contributed by atoms with van der Waals surface area (Å²) < 4.78 is 68.6. The maximum Gasteiger partial charge on any atom is 0.339 e. The van der Waals surface area contributed by atoms with Crippen molar-refractivity contribution in [1.29, 1.82) is 0 Å². The summed E-state index contributed by atoms with van der Waals surface area (Å²) in [5, 5.41) is 3.02. The van der Waals surface area contributed by atoms with Gasteiger partial charge in [-0.15, -0.1) is 0 Å². The van der Waals surface area contributed by atoms with Gasteiger partial charge in [-0.1, -0.05) is 0 Å². The molecule has 3 aromatic carbocycles. The van der Waals surface area contributed by atoms with Gasteiger partial charge >= 0.3 is 10.1 Å². The van der Waals surface area contributed by atoms with Gasteiger partial charge in [0.25, 0.3) is 10.0 Å². The topological polar surface area (TPSA) is 133 Å². The fourth-order valence-electron chi connectivity index (χ4n) is 3.19. The molecule has 1 heterocycles. The molecule has 0 aliphatic carbocycles. The highest BCUT2D eigenvalue weighted by molar-refractivity contribution is 7.92. The number of aromatic nitrogens is 1. The lowest BCUT2D eigenvalue weighted by molar-refractivity contribution is 0.414. The number of hydrogen-bond acceptors (Lipinski definition) is 9. The summed E-state index contributed by atoms with van der Waals surface area (Å²) >= 11 is 0. The van der Waals surface area contributed by atoms with Crippen molar-refractivity contribution in [3.8, 4) is 17.2 Å². The number of ether oxygens (including phenoxy) is 2. The molecule has 0 spiro atoms. The van der Waals surface area contributed by atoms with Crippen LogP contribution in [0.4, 0.5) is 17.2 Å². The molecule has 12 heteroatoms. The molecule has 37 heavy (non-hydrogen) atoms. The quantitative estimate of drug-likeness (QED) is 0.280. The molecule has 0 aliphatic rings. The van der Waals surface area contributed by atoms with E-state index in [9.17, 15) is 16.8 Å². The van der Waals surface area contributed by atoms with Crippen molar-refractivity contribution < 1.29 is 30.5 Å². The monoisotopic (exact) mass is 541 g/mol. The van der Waals surface area contributed by atoms with Crippen LogP contribution in [0.1, 0.15) is 0 Å². The number of benzene rings is 3. The molecule has 192 valence electrons. The van der Waals surface area contributed by atoms with Crippen LogP contribution in [0.15, 0.2) is 101 Å². The minimum Gasteiger partial charge on any atom is -0.497 e. The van der Waals surface area contributed by atoms with Gasteiger partial charge < -0.3 is 19.0 Å². The van der Waals surface area contributed by atoms with E-state index in [2.05, 4.69) is 15.0 Å². The Labute approximate surface area is 215 Å². The maximum absolute atomic E-state index is 12.8. The van der Waals surface area contributed by atoms with Crippen LogP contribution in [-0.4, -0.2) is 36.0 Å². The third-order valence-electron chi connectivity index (χ3n) is 5.09. The van der Waals surface area contributed by atoms with Crippen LogP contribution in [0.2, 0.25) is 0 Å². The van der Waals surface area contributed by atoms with Crippen LogP contribution in [0, 0.1) is 0 Å². The first-order chi connectivity index (χ1) is 17.7. The fourth-order valence-corrected chi connectivity index (χ4v) is 5.19. The molecule has 0 saturated carbocycles. The first-order valence-corrected chi connectivity index (χ1v) is 13.7. The first kappa shape index (κ1) is 25.8. The highest BCUT2D eigenvalue weighted by atomic mass is 32.2. The standard InChI is InChI=1S/C25H23N3O7S2/c1-33-19-9-13-22(14-10-19)36(29,30)28-24-4-3-17-26-25(24)27-18-5-7-21(8-6-18)35-37(31,32)23-15-11-20(34-2)12-16-23/h3-17,28H,1-2H3,(H,26,27). The summed E-state index contributed by atoms with van der Waals surface area (Å²) in [4.78, 5) is 4.26. The molecule has 4 aromatic rings. The van der Waals surface area contributed by atoms with Crippen LogP contribution < -0.4 is 23.7 Å². The number of hydrogen-bond donors (Lipinski definition) is 2. The smallest absolute Gasteiger partial charge is 0.339 e. The highest BCUT2D eigenvalue weighted by Gasteiger charge is 2.18. The Hall–Kier alpha value is -4.29. The van der Waals surface area contributed by atoms with Gasteiger partial charge in [-0.3, -0.25) is 4.72 Å². The van der Waals surface area contributed by atoms with Gasteiger partial charge in [-0.2, -0.15) is 8.42 Å². The predicted molar refractivity (Wildman–Crippen MR) is 139 cm³/mol. The van der Waals surface area contributed by atoms with Crippen LogP contribution in [0.3, 0.4) is 0 Å². The number of rotatable bonds is 10. The number of methoxy groups -OCH3 is 2. The largest absolute Gasteiger partial charge is 0.497 e. The zero-order valence-electron chi connectivity index (χ0n) is 19.8. The minimum atomic E-state index is -4.04. The number of pyridine rings is 1. The second kappa shape index (κ2) is 10.8. The molecule has 0 atom stereocenters. The lowest BCUT2D eigenvalue weighted by Crippen LogP contribution is -2.14. The van der Waals surface area contributed by atoms with E-state index < -0.39 is 20.1 Å². The normalized spacial score (nSPS) is 11.4. The van der Waals surface area contributed by atoms with Gasteiger partial charge in [0.1, 0.15) is 22.1 Å². The van der Waals surface area contributed by atoms with Crippen molar-refractivity contribution in [2.45, 2.75) is 9.79 Å². The zero-order chi connectivity index (χ0) is 26.5. The SMILES string of the molecule is COc1ccc(S(=O)(=O)Nc2cccnc2Nc2ccc(OS(=O)(=O)c3ccc(OC)cc3)cc2)cc1. The molecule has 0 amide bonds. The van der Waals surface area contributed by atoms with Crippen LogP contribution >= 0.6 is 0 Å². The Morgan fingerprint density at radius 2 is 1.22 bits per heavy atom. The average Bonchev–Trinajstić information content (AvgIpc) is 2.90. The summed E-state index contributed by atoms with van der Waals surface area (Å²) in [6.07, 6.45) is 1.51. The van der Waals surface area contributed by atoms with Crippen LogP contribution in [0.25, 0.3) is 0 Å². The molecule has 4 rings (SSSR count). The molecule has 10 nitrogen and oxygen atoms in total. The fraction of sp³-hybridized carbons (Fsp3) is 0.0800. The Kier molecular flexibility index (Phi) is 7.50. The third kappa shape index (κ3) is 6.29. The molecule has 0 aliphatic heterocycles. The van der Waals surface area contributed by atoms with E-state index in [1.165, 1.54) is 68.9 Å². The summed E-state index contributed by atoms with van der Waals surface area (Å²) in [6.45, 7) is 0. The molecule has 2 N–H and O–H groups in total. The van der Waals surface area contributed by atoms with E-state index in [-0.39, 0.29) is 27.0 Å². The number of anilines is 3. The van der Waals surface area contributed by atoms with Gasteiger partial charge in [-0.25, -0.2) is 13.4 Å². The highest BCUT2D eigenvalue weighted by Crippen LogP contribution is 2.28. The van der Waals surface area contributed by atoms with E-state index in [4.69, 9.17) is 13.7 Å². The molecule has 0 saturated heterocycles. The van der Waals surface area contributed by atoms with E-state index in [0.717, 1.165) is 0 Å². The number of nitrogens with one attached hydrogen (secondary N) is 2. The molecule has 1 aromatic heterocycles. The van der Waals surface area contributed by atoms with Crippen molar-refractivity contribution in [1.82, 2.24) is 4.98 Å². The molecule has 0 unspecified atom stereocenters. The van der Waals surface area contributed by atoms with Gasteiger partial charge in [0.15, 0.2) is 5.82 Å². The van der Waals surface area contributed by atoms with Crippen LogP contribution in [0.5, 0.6) is 17.2 Å². The van der Waals surface area contributed by atoms with Crippen molar-refractivity contribution in [2.75, 3.05) is 24.3 Å². The summed E-state index contributed by atoms with van der Waals surface area (Å²) in [7, 11) is -4.95. The second-order valence-electron chi connectivity index (χ2n) is 7.54. The van der Waals surface area contributed by atoms with Crippen molar-refractivity contribution >= 4 is 37.3 Å². The van der Waals surface area contributed by atoms with Crippen molar-refractivity contribution in [3.63, 3.8) is 0 Å². The number of sulfonamides is 1. The van der Waals surface area contributed by atoms with E-state index in [1.54, 1.807) is 36.4 Å². The predicted octanol–water partition coefficient (Wildman–Crippen LogP) is 4.41. The Balaban J connectivity index is 1.48. The Morgan fingerprint density at radius 1 is 0.676 bits per heavy atom. The lowest BCUT2D eigenvalue weighted by Gasteiger charge is -2.14. The third-order valence-corrected chi connectivity index (χ3v) is 7.74. The summed E-state index contributed by atoms with van der Waals surface area (Å²) in [5.74, 6) is 1.41. The van der Waals surface area contributed by atoms with Gasteiger partial charge in [0.2, 0.25) is 0 Å². The summed E-state index contributed by atoms with van der Waals surface area (Å²) in [6, 6.07) is 21.0. The number of nitrogens with zero attached hydrogens (tertiary/aromatic N) is 1. The first-order valence-electron chi connectivity index (χ1n) is 10.8. The van der Waals surface area contributed by atoms with Crippen molar-refractivity contribution in [2.24, 2.45) is 0 Å². The van der Waals surface area contributed by atoms with Gasteiger partial charge in [-0.05, 0) is 84.9 Å².